The number of anilines is 1. The average Bonchev–Trinajstić information content (AvgIpc) is 2.79. The van der Waals surface area contributed by atoms with Crippen LogP contribution in [0, 0.1) is 6.92 Å². The fourth-order valence-electron chi connectivity index (χ4n) is 3.77. The molecule has 0 N–H and O–H groups in total. The Labute approximate surface area is 189 Å². The van der Waals surface area contributed by atoms with Crippen LogP contribution in [-0.2, 0) is 19.5 Å². The summed E-state index contributed by atoms with van der Waals surface area (Å²) in [6.45, 7) is 6.08. The van der Waals surface area contributed by atoms with E-state index in [-0.39, 0.29) is 16.9 Å². The van der Waals surface area contributed by atoms with Gasteiger partial charge in [-0.1, -0.05) is 0 Å². The first-order valence-electron chi connectivity index (χ1n) is 10.5. The van der Waals surface area contributed by atoms with Crippen molar-refractivity contribution < 1.29 is 27.4 Å². The van der Waals surface area contributed by atoms with Crippen LogP contribution in [0.4, 0.5) is 5.69 Å². The van der Waals surface area contributed by atoms with Crippen molar-refractivity contribution in [2.45, 2.75) is 24.8 Å². The number of rotatable bonds is 8. The highest BCUT2D eigenvalue weighted by atomic mass is 32.2. The molecule has 32 heavy (non-hydrogen) atoms. The van der Waals surface area contributed by atoms with Gasteiger partial charge >= 0.3 is 5.97 Å². The molecule has 2 aromatic carbocycles. The second-order valence-electron chi connectivity index (χ2n) is 7.72. The van der Waals surface area contributed by atoms with E-state index in [0.29, 0.717) is 44.2 Å². The molecule has 3 rings (SSSR count). The van der Waals surface area contributed by atoms with Gasteiger partial charge in [-0.3, -0.25) is 0 Å². The van der Waals surface area contributed by atoms with E-state index >= 15 is 0 Å². The molecule has 0 bridgehead atoms. The number of sulfonamides is 1. The van der Waals surface area contributed by atoms with Gasteiger partial charge in [0.1, 0.15) is 12.4 Å². The fraction of sp³-hybridized carbons (Fsp3) is 0.435. The van der Waals surface area contributed by atoms with Crippen LogP contribution in [0.1, 0.15) is 22.8 Å². The monoisotopic (exact) mass is 462 g/mol. The van der Waals surface area contributed by atoms with E-state index < -0.39 is 10.0 Å². The topological polar surface area (TPSA) is 85.4 Å². The highest BCUT2D eigenvalue weighted by Crippen LogP contribution is 2.28. The number of carbonyl (C=O) groups excluding carboxylic acids is 1. The van der Waals surface area contributed by atoms with Crippen molar-refractivity contribution in [1.82, 2.24) is 4.31 Å². The molecule has 0 saturated carbocycles. The molecule has 8 nitrogen and oxygen atoms in total. The molecule has 1 heterocycles. The molecule has 0 aliphatic carbocycles. The summed E-state index contributed by atoms with van der Waals surface area (Å²) in [7, 11) is -0.688. The molecule has 1 unspecified atom stereocenters. The lowest BCUT2D eigenvalue weighted by molar-refractivity contribution is 0.0600. The Morgan fingerprint density at radius 3 is 2.38 bits per heavy atom. The van der Waals surface area contributed by atoms with Crippen LogP contribution in [0.25, 0.3) is 0 Å². The summed E-state index contributed by atoms with van der Waals surface area (Å²) in [5, 5.41) is 0. The van der Waals surface area contributed by atoms with Crippen molar-refractivity contribution >= 4 is 21.7 Å². The Hall–Kier alpha value is -2.62. The fourth-order valence-corrected chi connectivity index (χ4v) is 5.47. The van der Waals surface area contributed by atoms with E-state index in [4.69, 9.17) is 14.2 Å². The molecule has 174 valence electrons. The van der Waals surface area contributed by atoms with Crippen LogP contribution in [0.5, 0.6) is 5.75 Å². The SMILES string of the molecule is COCCOc1ccc(S(=O)(=O)N2CCN(c3ccc(C(=O)OC)cc3)CC2C)cc1C. The molecule has 1 saturated heterocycles. The number of esters is 1. The second kappa shape index (κ2) is 10.3. The van der Waals surface area contributed by atoms with E-state index in [9.17, 15) is 13.2 Å². The maximum atomic E-state index is 13.3. The summed E-state index contributed by atoms with van der Waals surface area (Å²) >= 11 is 0. The van der Waals surface area contributed by atoms with Gasteiger partial charge in [-0.15, -0.1) is 0 Å². The Balaban J connectivity index is 1.70. The minimum atomic E-state index is -3.64. The average molecular weight is 463 g/mol. The third kappa shape index (κ3) is 5.23. The lowest BCUT2D eigenvalue weighted by Crippen LogP contribution is -2.54. The third-order valence-corrected chi connectivity index (χ3v) is 7.53. The van der Waals surface area contributed by atoms with Crippen LogP contribution in [0.15, 0.2) is 47.4 Å². The van der Waals surface area contributed by atoms with Crippen LogP contribution in [-0.4, -0.2) is 71.8 Å². The van der Waals surface area contributed by atoms with Gasteiger partial charge in [0.25, 0.3) is 0 Å². The number of benzene rings is 2. The summed E-state index contributed by atoms with van der Waals surface area (Å²) in [4.78, 5) is 14.0. The van der Waals surface area contributed by atoms with E-state index in [0.717, 1.165) is 11.3 Å². The predicted octanol–water partition coefficient (Wildman–Crippen LogP) is 2.71. The summed E-state index contributed by atoms with van der Waals surface area (Å²) in [6.07, 6.45) is 0. The molecule has 2 aromatic rings. The first-order chi connectivity index (χ1) is 15.3. The maximum Gasteiger partial charge on any atom is 0.337 e. The van der Waals surface area contributed by atoms with Gasteiger partial charge in [-0.25, -0.2) is 13.2 Å². The Kier molecular flexibility index (Phi) is 7.76. The van der Waals surface area contributed by atoms with Gasteiger partial charge in [0.15, 0.2) is 0 Å². The van der Waals surface area contributed by atoms with Crippen LogP contribution in [0.2, 0.25) is 0 Å². The first-order valence-corrected chi connectivity index (χ1v) is 11.9. The number of carbonyl (C=O) groups is 1. The quantitative estimate of drug-likeness (QED) is 0.440. The van der Waals surface area contributed by atoms with E-state index in [1.54, 1.807) is 41.7 Å². The second-order valence-corrected chi connectivity index (χ2v) is 9.61. The van der Waals surface area contributed by atoms with Crippen molar-refractivity contribution in [3.8, 4) is 5.75 Å². The minimum Gasteiger partial charge on any atom is -0.491 e. The van der Waals surface area contributed by atoms with Gasteiger partial charge in [0.05, 0.1) is 24.2 Å². The number of piperazine rings is 1. The summed E-state index contributed by atoms with van der Waals surface area (Å²) in [6, 6.07) is 11.9. The summed E-state index contributed by atoms with van der Waals surface area (Å²) in [5.74, 6) is 0.264. The highest BCUT2D eigenvalue weighted by molar-refractivity contribution is 7.89. The van der Waals surface area contributed by atoms with Gasteiger partial charge in [0, 0.05) is 38.5 Å². The number of hydrogen-bond donors (Lipinski definition) is 0. The van der Waals surface area contributed by atoms with Crippen LogP contribution < -0.4 is 9.64 Å². The highest BCUT2D eigenvalue weighted by Gasteiger charge is 2.34. The molecule has 0 spiro atoms. The smallest absolute Gasteiger partial charge is 0.337 e. The van der Waals surface area contributed by atoms with E-state index in [2.05, 4.69) is 4.90 Å². The molecule has 0 amide bonds. The van der Waals surface area contributed by atoms with E-state index in [1.807, 2.05) is 26.0 Å². The van der Waals surface area contributed by atoms with Gasteiger partial charge < -0.3 is 19.1 Å². The number of hydrogen-bond acceptors (Lipinski definition) is 7. The molecule has 1 atom stereocenters. The lowest BCUT2D eigenvalue weighted by Gasteiger charge is -2.40. The van der Waals surface area contributed by atoms with Gasteiger partial charge in [-0.2, -0.15) is 4.31 Å². The predicted molar refractivity (Wildman–Crippen MR) is 122 cm³/mol. The van der Waals surface area contributed by atoms with Crippen molar-refractivity contribution in [3.05, 3.63) is 53.6 Å². The largest absolute Gasteiger partial charge is 0.491 e. The molecule has 1 aliphatic heterocycles. The maximum absolute atomic E-state index is 13.3. The Morgan fingerprint density at radius 1 is 1.06 bits per heavy atom. The van der Waals surface area contributed by atoms with Crippen molar-refractivity contribution in [1.29, 1.82) is 0 Å². The van der Waals surface area contributed by atoms with Crippen molar-refractivity contribution in [3.63, 3.8) is 0 Å². The first kappa shape index (κ1) is 24.0. The number of methoxy groups -OCH3 is 2. The molecule has 0 radical (unpaired) electrons. The molecule has 9 heteroatoms. The molecule has 1 aliphatic rings. The molecule has 0 aromatic heterocycles. The molecule has 1 fully saturated rings. The summed E-state index contributed by atoms with van der Waals surface area (Å²) < 4.78 is 43.5. The van der Waals surface area contributed by atoms with Crippen LogP contribution in [0.3, 0.4) is 0 Å². The standard InChI is InChI=1S/C23H30N2O6S/c1-17-15-21(9-10-22(17)31-14-13-29-3)32(27,28)25-12-11-24(16-18(25)2)20-7-5-19(6-8-20)23(26)30-4/h5-10,15,18H,11-14,16H2,1-4H3. The minimum absolute atomic E-state index is 0.216. The zero-order valence-electron chi connectivity index (χ0n) is 18.9. The molecular weight excluding hydrogens is 432 g/mol. The number of nitrogens with zero attached hydrogens (tertiary/aromatic N) is 2. The number of aryl methyl sites for hydroxylation is 1. The molecular formula is C23H30N2O6S. The van der Waals surface area contributed by atoms with Gasteiger partial charge in [-0.05, 0) is 61.9 Å². The zero-order valence-corrected chi connectivity index (χ0v) is 19.7. The Morgan fingerprint density at radius 2 is 1.78 bits per heavy atom. The number of ether oxygens (including phenoxy) is 3. The zero-order chi connectivity index (χ0) is 23.3. The summed E-state index contributed by atoms with van der Waals surface area (Å²) in [5.41, 5.74) is 2.18. The van der Waals surface area contributed by atoms with E-state index in [1.165, 1.54) is 7.11 Å². The Bertz CT molecular complexity index is 1040. The van der Waals surface area contributed by atoms with Crippen molar-refractivity contribution in [2.24, 2.45) is 0 Å². The lowest BCUT2D eigenvalue weighted by atomic mass is 10.1. The van der Waals surface area contributed by atoms with Gasteiger partial charge in [0.2, 0.25) is 10.0 Å². The van der Waals surface area contributed by atoms with Crippen LogP contribution >= 0.6 is 0 Å². The normalized spacial score (nSPS) is 17.2. The third-order valence-electron chi connectivity index (χ3n) is 5.52. The van der Waals surface area contributed by atoms with Crippen molar-refractivity contribution in [2.75, 3.05) is 52.0 Å².